The van der Waals surface area contributed by atoms with Gasteiger partial charge in [-0.1, -0.05) is 42.1 Å². The van der Waals surface area contributed by atoms with Gasteiger partial charge in [-0.2, -0.15) is 0 Å². The molecule has 0 radical (unpaired) electrons. The number of hydrogen-bond acceptors (Lipinski definition) is 3. The summed E-state index contributed by atoms with van der Waals surface area (Å²) in [7, 11) is 0. The van der Waals surface area contributed by atoms with Gasteiger partial charge in [0.2, 0.25) is 0 Å². The van der Waals surface area contributed by atoms with Crippen LogP contribution < -0.4 is 0 Å². The Hall–Kier alpha value is -1.81. The number of thioether (sulfide) groups is 1. The van der Waals surface area contributed by atoms with Gasteiger partial charge >= 0.3 is 0 Å². The summed E-state index contributed by atoms with van der Waals surface area (Å²) in [5, 5.41) is 1.85. The third kappa shape index (κ3) is 1.80. The van der Waals surface area contributed by atoms with E-state index in [2.05, 4.69) is 27.1 Å². The summed E-state index contributed by atoms with van der Waals surface area (Å²) in [6.07, 6.45) is 3.88. The molecule has 4 heteroatoms. The maximum atomic E-state index is 4.59. The molecule has 3 nitrogen and oxygen atoms in total. The number of nitrogens with zero attached hydrogens (tertiary/aromatic N) is 2. The highest BCUT2D eigenvalue weighted by molar-refractivity contribution is 7.98. The second kappa shape index (κ2) is 4.22. The van der Waals surface area contributed by atoms with Crippen molar-refractivity contribution in [3.63, 3.8) is 0 Å². The zero-order valence-corrected chi connectivity index (χ0v) is 10.2. The molecule has 0 saturated carbocycles. The van der Waals surface area contributed by atoms with E-state index in [-0.39, 0.29) is 0 Å². The second-order valence-corrected chi connectivity index (χ2v) is 4.44. The zero-order valence-electron chi connectivity index (χ0n) is 9.34. The first-order valence-corrected chi connectivity index (χ1v) is 6.55. The molecule has 0 atom stereocenters. The summed E-state index contributed by atoms with van der Waals surface area (Å²) in [5.74, 6) is 0. The Morgan fingerprint density at radius 3 is 2.65 bits per heavy atom. The summed E-state index contributed by atoms with van der Waals surface area (Å²) in [4.78, 5) is 12.2. The molecule has 0 unspecified atom stereocenters. The highest BCUT2D eigenvalue weighted by atomic mass is 32.2. The van der Waals surface area contributed by atoms with E-state index in [0.717, 1.165) is 27.4 Å². The predicted octanol–water partition coefficient (Wildman–Crippen LogP) is 3.35. The lowest BCUT2D eigenvalue weighted by Crippen LogP contribution is -1.91. The fourth-order valence-corrected chi connectivity index (χ4v) is 2.19. The smallest absolute Gasteiger partial charge is 0.189 e. The Morgan fingerprint density at radius 2 is 1.88 bits per heavy atom. The number of aromatic nitrogens is 3. The van der Waals surface area contributed by atoms with Gasteiger partial charge in [-0.15, -0.1) is 0 Å². The average molecular weight is 241 g/mol. The minimum Gasteiger partial charge on any atom is -0.346 e. The molecule has 0 fully saturated rings. The van der Waals surface area contributed by atoms with E-state index in [4.69, 9.17) is 0 Å². The van der Waals surface area contributed by atoms with Crippen LogP contribution >= 0.6 is 11.8 Å². The van der Waals surface area contributed by atoms with Crippen molar-refractivity contribution in [3.05, 3.63) is 42.6 Å². The Kier molecular flexibility index (Phi) is 2.57. The van der Waals surface area contributed by atoms with Crippen LogP contribution in [0.3, 0.4) is 0 Å². The molecule has 0 aliphatic rings. The molecule has 3 rings (SSSR count). The SMILES string of the molecule is CSc1nc(-c2ccccc2)c2cc[nH]c2n1. The number of benzene rings is 1. The number of aromatic amines is 1. The first-order chi connectivity index (χ1) is 8.38. The van der Waals surface area contributed by atoms with Crippen LogP contribution in [0.2, 0.25) is 0 Å². The molecular weight excluding hydrogens is 230 g/mol. The lowest BCUT2D eigenvalue weighted by atomic mass is 10.1. The van der Waals surface area contributed by atoms with E-state index in [0.29, 0.717) is 0 Å². The van der Waals surface area contributed by atoms with Crippen molar-refractivity contribution in [3.8, 4) is 11.3 Å². The van der Waals surface area contributed by atoms with E-state index in [1.54, 1.807) is 11.8 Å². The van der Waals surface area contributed by atoms with Gasteiger partial charge in [-0.3, -0.25) is 0 Å². The maximum absolute atomic E-state index is 4.59. The monoisotopic (exact) mass is 241 g/mol. The number of rotatable bonds is 2. The molecule has 0 aliphatic carbocycles. The second-order valence-electron chi connectivity index (χ2n) is 3.66. The topological polar surface area (TPSA) is 41.6 Å². The van der Waals surface area contributed by atoms with Crippen molar-refractivity contribution in [2.24, 2.45) is 0 Å². The van der Waals surface area contributed by atoms with Crippen LogP contribution in [0.5, 0.6) is 0 Å². The summed E-state index contributed by atoms with van der Waals surface area (Å²) < 4.78 is 0. The Bertz CT molecular complexity index is 646. The molecule has 0 saturated heterocycles. The first kappa shape index (κ1) is 10.4. The van der Waals surface area contributed by atoms with Crippen LogP contribution in [0.4, 0.5) is 0 Å². The first-order valence-electron chi connectivity index (χ1n) is 5.33. The Balaban J connectivity index is 2.30. The van der Waals surface area contributed by atoms with Gasteiger partial charge in [-0.05, 0) is 12.3 Å². The van der Waals surface area contributed by atoms with E-state index < -0.39 is 0 Å². The summed E-state index contributed by atoms with van der Waals surface area (Å²) in [6, 6.07) is 12.2. The molecule has 2 heterocycles. The van der Waals surface area contributed by atoms with E-state index in [9.17, 15) is 0 Å². The minimum absolute atomic E-state index is 0.791. The van der Waals surface area contributed by atoms with Crippen molar-refractivity contribution in [2.75, 3.05) is 6.26 Å². The van der Waals surface area contributed by atoms with Gasteiger partial charge in [0.05, 0.1) is 5.69 Å². The molecule has 0 spiro atoms. The molecule has 84 valence electrons. The Morgan fingerprint density at radius 1 is 1.06 bits per heavy atom. The normalized spacial score (nSPS) is 10.9. The maximum Gasteiger partial charge on any atom is 0.189 e. The number of hydrogen-bond donors (Lipinski definition) is 1. The lowest BCUT2D eigenvalue weighted by molar-refractivity contribution is 1.00. The number of nitrogens with one attached hydrogen (secondary N) is 1. The van der Waals surface area contributed by atoms with Crippen LogP contribution in [0, 0.1) is 0 Å². The fourth-order valence-electron chi connectivity index (χ4n) is 1.83. The van der Waals surface area contributed by atoms with Crippen LogP contribution in [0.25, 0.3) is 22.3 Å². The third-order valence-corrected chi connectivity index (χ3v) is 3.17. The standard InChI is InChI=1S/C13H11N3S/c1-17-13-15-11(9-5-3-2-4-6-9)10-7-8-14-12(10)16-13/h2-8H,1H3,(H,14,15,16). The number of H-pyrrole nitrogens is 1. The molecule has 0 amide bonds. The van der Waals surface area contributed by atoms with Crippen molar-refractivity contribution in [1.29, 1.82) is 0 Å². The fraction of sp³-hybridized carbons (Fsp3) is 0.0769. The summed E-state index contributed by atoms with van der Waals surface area (Å²) in [6.45, 7) is 0. The number of fused-ring (bicyclic) bond motifs is 1. The highest BCUT2D eigenvalue weighted by Crippen LogP contribution is 2.27. The quantitative estimate of drug-likeness (QED) is 0.552. The predicted molar refractivity (Wildman–Crippen MR) is 71.1 cm³/mol. The van der Waals surface area contributed by atoms with Crippen LogP contribution in [0.1, 0.15) is 0 Å². The lowest BCUT2D eigenvalue weighted by Gasteiger charge is -2.04. The molecular formula is C13H11N3S. The minimum atomic E-state index is 0.791. The van der Waals surface area contributed by atoms with Crippen molar-refractivity contribution >= 4 is 22.8 Å². The third-order valence-electron chi connectivity index (χ3n) is 2.62. The molecule has 17 heavy (non-hydrogen) atoms. The molecule has 0 bridgehead atoms. The Labute approximate surface area is 103 Å². The van der Waals surface area contributed by atoms with Gasteiger partial charge < -0.3 is 4.98 Å². The highest BCUT2D eigenvalue weighted by Gasteiger charge is 2.09. The zero-order chi connectivity index (χ0) is 11.7. The van der Waals surface area contributed by atoms with Crippen molar-refractivity contribution in [1.82, 2.24) is 15.0 Å². The van der Waals surface area contributed by atoms with Crippen LogP contribution in [-0.4, -0.2) is 21.2 Å². The van der Waals surface area contributed by atoms with E-state index >= 15 is 0 Å². The van der Waals surface area contributed by atoms with Crippen molar-refractivity contribution < 1.29 is 0 Å². The molecule has 1 aromatic carbocycles. The van der Waals surface area contributed by atoms with Crippen molar-refractivity contribution in [2.45, 2.75) is 5.16 Å². The van der Waals surface area contributed by atoms with Gasteiger partial charge in [0.25, 0.3) is 0 Å². The van der Waals surface area contributed by atoms with Gasteiger partial charge in [-0.25, -0.2) is 9.97 Å². The summed E-state index contributed by atoms with van der Waals surface area (Å²) >= 11 is 1.55. The average Bonchev–Trinajstić information content (AvgIpc) is 2.86. The van der Waals surface area contributed by atoms with Gasteiger partial charge in [0.1, 0.15) is 5.65 Å². The van der Waals surface area contributed by atoms with Crippen LogP contribution in [0.15, 0.2) is 47.8 Å². The van der Waals surface area contributed by atoms with Gasteiger partial charge in [0, 0.05) is 17.1 Å². The van der Waals surface area contributed by atoms with Crippen LogP contribution in [-0.2, 0) is 0 Å². The van der Waals surface area contributed by atoms with Gasteiger partial charge in [0.15, 0.2) is 5.16 Å². The largest absolute Gasteiger partial charge is 0.346 e. The van der Waals surface area contributed by atoms with E-state index in [1.165, 1.54) is 0 Å². The summed E-state index contributed by atoms with van der Waals surface area (Å²) in [5.41, 5.74) is 3.00. The molecule has 0 aliphatic heterocycles. The molecule has 3 aromatic rings. The molecule has 2 aromatic heterocycles. The molecule has 1 N–H and O–H groups in total. The van der Waals surface area contributed by atoms with E-state index in [1.807, 2.05) is 36.7 Å².